The van der Waals surface area contributed by atoms with Crippen LogP contribution in [0.4, 0.5) is 0 Å². The summed E-state index contributed by atoms with van der Waals surface area (Å²) in [5.41, 5.74) is 3.49. The van der Waals surface area contributed by atoms with Gasteiger partial charge in [-0.2, -0.15) is 0 Å². The maximum absolute atomic E-state index is 12.1. The van der Waals surface area contributed by atoms with Crippen LogP contribution in [0.3, 0.4) is 0 Å². The molecule has 0 spiro atoms. The van der Waals surface area contributed by atoms with Crippen LogP contribution in [0.25, 0.3) is 11.8 Å². The van der Waals surface area contributed by atoms with Crippen LogP contribution < -0.4 is 0 Å². The van der Waals surface area contributed by atoms with Gasteiger partial charge in [0.1, 0.15) is 5.76 Å². The molecule has 0 saturated heterocycles. The van der Waals surface area contributed by atoms with Crippen molar-refractivity contribution in [2.45, 2.75) is 20.3 Å². The summed E-state index contributed by atoms with van der Waals surface area (Å²) in [4.78, 5) is 12.1. The molecule has 3 rings (SSSR count). The molecular formula is C21H19ClO2. The Labute approximate surface area is 147 Å². The van der Waals surface area contributed by atoms with Crippen LogP contribution in [-0.4, -0.2) is 5.97 Å². The topological polar surface area (TPSA) is 26.3 Å². The molecule has 0 aromatic heterocycles. The van der Waals surface area contributed by atoms with E-state index in [9.17, 15) is 4.79 Å². The van der Waals surface area contributed by atoms with Crippen molar-refractivity contribution in [1.29, 1.82) is 0 Å². The normalized spacial score (nSPS) is 15.8. The molecule has 0 fully saturated rings. The second-order valence-electron chi connectivity index (χ2n) is 6.31. The highest BCUT2D eigenvalue weighted by Crippen LogP contribution is 2.29. The quantitative estimate of drug-likeness (QED) is 0.542. The summed E-state index contributed by atoms with van der Waals surface area (Å²) >= 11 is 6.15. The standard InChI is InChI=1S/C21H19ClO2/c1-14(2)11-15-7-9-16(10-8-15)20-13-18(21(23)24-20)12-17-5-3-4-6-19(17)22/h3-10,12-14H,11H2,1-2H3/b18-12+. The summed E-state index contributed by atoms with van der Waals surface area (Å²) < 4.78 is 5.40. The van der Waals surface area contributed by atoms with Gasteiger partial charge in [0.25, 0.3) is 0 Å². The van der Waals surface area contributed by atoms with E-state index in [4.69, 9.17) is 16.3 Å². The number of cyclic esters (lactones) is 1. The van der Waals surface area contributed by atoms with Crippen molar-refractivity contribution in [3.8, 4) is 0 Å². The van der Waals surface area contributed by atoms with Crippen LogP contribution in [0.15, 0.2) is 60.2 Å². The largest absolute Gasteiger partial charge is 0.422 e. The number of hydrogen-bond donors (Lipinski definition) is 0. The number of hydrogen-bond acceptors (Lipinski definition) is 2. The van der Waals surface area contributed by atoms with E-state index < -0.39 is 0 Å². The Bertz CT molecular complexity index is 814. The second-order valence-corrected chi connectivity index (χ2v) is 6.72. The first-order valence-corrected chi connectivity index (χ1v) is 8.40. The molecule has 3 heteroatoms. The average molecular weight is 339 g/mol. The zero-order chi connectivity index (χ0) is 17.1. The average Bonchev–Trinajstić information content (AvgIpc) is 2.91. The summed E-state index contributed by atoms with van der Waals surface area (Å²) in [5, 5.41) is 0.609. The number of benzene rings is 2. The summed E-state index contributed by atoms with van der Waals surface area (Å²) in [6.07, 6.45) is 4.56. The third kappa shape index (κ3) is 3.77. The monoisotopic (exact) mass is 338 g/mol. The van der Waals surface area contributed by atoms with Gasteiger partial charge in [-0.1, -0.05) is 67.9 Å². The summed E-state index contributed by atoms with van der Waals surface area (Å²) in [6.45, 7) is 4.39. The van der Waals surface area contributed by atoms with E-state index in [-0.39, 0.29) is 5.97 Å². The molecule has 0 aliphatic carbocycles. The highest BCUT2D eigenvalue weighted by molar-refractivity contribution is 6.32. The lowest BCUT2D eigenvalue weighted by molar-refractivity contribution is -0.130. The number of halogens is 1. The van der Waals surface area contributed by atoms with E-state index in [1.54, 1.807) is 18.2 Å². The molecule has 1 aliphatic heterocycles. The zero-order valence-electron chi connectivity index (χ0n) is 13.8. The van der Waals surface area contributed by atoms with Gasteiger partial charge in [-0.3, -0.25) is 0 Å². The number of esters is 1. The van der Waals surface area contributed by atoms with Gasteiger partial charge in [-0.15, -0.1) is 0 Å². The summed E-state index contributed by atoms with van der Waals surface area (Å²) in [7, 11) is 0. The maximum Gasteiger partial charge on any atom is 0.343 e. The minimum absolute atomic E-state index is 0.351. The van der Waals surface area contributed by atoms with Crippen LogP contribution in [0.1, 0.15) is 30.5 Å². The third-order valence-corrected chi connectivity index (χ3v) is 4.17. The lowest BCUT2D eigenvalue weighted by Crippen LogP contribution is -1.98. The van der Waals surface area contributed by atoms with Crippen molar-refractivity contribution >= 4 is 29.4 Å². The Hall–Kier alpha value is -2.32. The minimum atomic E-state index is -0.351. The molecule has 0 unspecified atom stereocenters. The molecule has 0 N–H and O–H groups in total. The molecule has 2 aromatic rings. The molecule has 0 radical (unpaired) electrons. The Morgan fingerprint density at radius 1 is 1.08 bits per heavy atom. The Kier molecular flexibility index (Phi) is 4.86. The van der Waals surface area contributed by atoms with E-state index in [2.05, 4.69) is 26.0 Å². The second kappa shape index (κ2) is 7.06. The molecule has 122 valence electrons. The first-order chi connectivity index (χ1) is 11.5. The lowest BCUT2D eigenvalue weighted by atomic mass is 10.0. The van der Waals surface area contributed by atoms with E-state index in [1.807, 2.05) is 30.3 Å². The van der Waals surface area contributed by atoms with Crippen LogP contribution in [0.5, 0.6) is 0 Å². The first kappa shape index (κ1) is 16.5. The van der Waals surface area contributed by atoms with Gasteiger partial charge in [0.05, 0.1) is 5.57 Å². The van der Waals surface area contributed by atoms with Gasteiger partial charge >= 0.3 is 5.97 Å². The molecule has 24 heavy (non-hydrogen) atoms. The number of carbonyl (C=O) groups is 1. The fraction of sp³-hybridized carbons (Fsp3) is 0.190. The Morgan fingerprint density at radius 2 is 1.79 bits per heavy atom. The maximum atomic E-state index is 12.1. The van der Waals surface area contributed by atoms with E-state index >= 15 is 0 Å². The van der Waals surface area contributed by atoms with Crippen molar-refractivity contribution in [2.75, 3.05) is 0 Å². The fourth-order valence-electron chi connectivity index (χ4n) is 2.67. The molecular weight excluding hydrogens is 320 g/mol. The molecule has 2 nitrogen and oxygen atoms in total. The molecule has 0 amide bonds. The predicted octanol–water partition coefficient (Wildman–Crippen LogP) is 5.52. The summed E-state index contributed by atoms with van der Waals surface area (Å²) in [6, 6.07) is 15.6. The zero-order valence-corrected chi connectivity index (χ0v) is 14.5. The van der Waals surface area contributed by atoms with E-state index in [0.717, 1.165) is 17.5 Å². The van der Waals surface area contributed by atoms with Gasteiger partial charge in [0.2, 0.25) is 0 Å². The van der Waals surface area contributed by atoms with Crippen molar-refractivity contribution in [2.24, 2.45) is 5.92 Å². The van der Waals surface area contributed by atoms with Gasteiger partial charge in [-0.05, 0) is 41.7 Å². The Morgan fingerprint density at radius 3 is 2.46 bits per heavy atom. The van der Waals surface area contributed by atoms with Crippen LogP contribution >= 0.6 is 11.6 Å². The lowest BCUT2D eigenvalue weighted by Gasteiger charge is -2.06. The highest BCUT2D eigenvalue weighted by atomic mass is 35.5. The van der Waals surface area contributed by atoms with Gasteiger partial charge in [0.15, 0.2) is 0 Å². The third-order valence-electron chi connectivity index (χ3n) is 3.82. The smallest absolute Gasteiger partial charge is 0.343 e. The number of carbonyl (C=O) groups excluding carboxylic acids is 1. The van der Waals surface area contributed by atoms with Crippen molar-refractivity contribution < 1.29 is 9.53 Å². The highest BCUT2D eigenvalue weighted by Gasteiger charge is 2.22. The van der Waals surface area contributed by atoms with Crippen LogP contribution in [-0.2, 0) is 16.0 Å². The van der Waals surface area contributed by atoms with Gasteiger partial charge < -0.3 is 4.74 Å². The van der Waals surface area contributed by atoms with E-state index in [1.165, 1.54) is 5.56 Å². The van der Waals surface area contributed by atoms with Gasteiger partial charge in [-0.25, -0.2) is 4.79 Å². The van der Waals surface area contributed by atoms with Crippen molar-refractivity contribution in [1.82, 2.24) is 0 Å². The first-order valence-electron chi connectivity index (χ1n) is 8.02. The number of ether oxygens (including phenoxy) is 1. The Balaban J connectivity index is 1.85. The van der Waals surface area contributed by atoms with Gasteiger partial charge in [0, 0.05) is 10.6 Å². The van der Waals surface area contributed by atoms with Crippen LogP contribution in [0, 0.1) is 5.92 Å². The molecule has 1 heterocycles. The minimum Gasteiger partial charge on any atom is -0.422 e. The molecule has 0 saturated carbocycles. The molecule has 1 aliphatic rings. The molecule has 0 bridgehead atoms. The molecule has 2 aromatic carbocycles. The predicted molar refractivity (Wildman–Crippen MR) is 98.5 cm³/mol. The van der Waals surface area contributed by atoms with Crippen molar-refractivity contribution in [3.63, 3.8) is 0 Å². The van der Waals surface area contributed by atoms with Crippen LogP contribution in [0.2, 0.25) is 5.02 Å². The molecule has 0 atom stereocenters. The fourth-order valence-corrected chi connectivity index (χ4v) is 2.86. The van der Waals surface area contributed by atoms with Crippen molar-refractivity contribution in [3.05, 3.63) is 81.9 Å². The van der Waals surface area contributed by atoms with E-state index in [0.29, 0.717) is 22.3 Å². The summed E-state index contributed by atoms with van der Waals surface area (Å²) in [5.74, 6) is 0.843. The SMILES string of the molecule is CC(C)Cc1ccc(C2=C/C(=C\c3ccccc3Cl)C(=O)O2)cc1. The number of rotatable bonds is 4.